The summed E-state index contributed by atoms with van der Waals surface area (Å²) in [7, 11) is 1.53. The fourth-order valence-corrected chi connectivity index (χ4v) is 3.65. The first kappa shape index (κ1) is 19.6. The molecule has 0 bridgehead atoms. The quantitative estimate of drug-likeness (QED) is 0.443. The fraction of sp³-hybridized carbons (Fsp3) is 0.0870. The van der Waals surface area contributed by atoms with Gasteiger partial charge in [-0.05, 0) is 42.8 Å². The number of pyridine rings is 1. The molecule has 4 rings (SSSR count). The standard InChI is InChI=1S/C23H15ClFN3O2/c1-14-5-3-7-17-20(14)27(2)23(30)28(22(17)29)21-18(24)11-16(12-19(21)25)9-8-15-6-4-10-26-13-15/h3-7,10-13H,1-2H3. The van der Waals surface area contributed by atoms with Crippen molar-refractivity contribution in [3.63, 3.8) is 0 Å². The molecule has 4 aromatic rings. The number of hydrogen-bond acceptors (Lipinski definition) is 3. The highest BCUT2D eigenvalue weighted by atomic mass is 35.5. The van der Waals surface area contributed by atoms with Crippen LogP contribution in [0.25, 0.3) is 16.6 Å². The Labute approximate surface area is 176 Å². The molecule has 0 fully saturated rings. The van der Waals surface area contributed by atoms with Crippen LogP contribution in [0.1, 0.15) is 16.7 Å². The van der Waals surface area contributed by atoms with E-state index in [-0.39, 0.29) is 10.7 Å². The number of halogens is 2. The monoisotopic (exact) mass is 419 g/mol. The molecule has 0 radical (unpaired) electrons. The Morgan fingerprint density at radius 3 is 2.53 bits per heavy atom. The summed E-state index contributed by atoms with van der Waals surface area (Å²) in [5.41, 5.74) is 0.629. The second kappa shape index (κ2) is 7.62. The van der Waals surface area contributed by atoms with Crippen LogP contribution < -0.4 is 11.2 Å². The van der Waals surface area contributed by atoms with Crippen LogP contribution in [0.4, 0.5) is 4.39 Å². The van der Waals surface area contributed by atoms with E-state index in [9.17, 15) is 9.59 Å². The van der Waals surface area contributed by atoms with Crippen LogP contribution in [-0.4, -0.2) is 14.1 Å². The van der Waals surface area contributed by atoms with Gasteiger partial charge in [-0.1, -0.05) is 35.6 Å². The molecule has 0 aliphatic rings. The zero-order valence-electron chi connectivity index (χ0n) is 16.1. The minimum absolute atomic E-state index is 0.0864. The Bertz CT molecular complexity index is 1460. The summed E-state index contributed by atoms with van der Waals surface area (Å²) in [5.74, 6) is 4.86. The van der Waals surface area contributed by atoms with Gasteiger partial charge in [0, 0.05) is 30.6 Å². The second-order valence-corrected chi connectivity index (χ2v) is 7.14. The Balaban J connectivity index is 1.93. The lowest BCUT2D eigenvalue weighted by Gasteiger charge is -2.14. The third-order valence-corrected chi connectivity index (χ3v) is 5.03. The lowest BCUT2D eigenvalue weighted by molar-refractivity contribution is 0.609. The first-order valence-electron chi connectivity index (χ1n) is 9.01. The molecule has 0 N–H and O–H groups in total. The van der Waals surface area contributed by atoms with Crippen molar-refractivity contribution in [1.82, 2.24) is 14.1 Å². The third kappa shape index (κ3) is 3.30. The zero-order chi connectivity index (χ0) is 21.4. The van der Waals surface area contributed by atoms with Crippen LogP contribution in [-0.2, 0) is 7.05 Å². The average molecular weight is 420 g/mol. The maximum absolute atomic E-state index is 15.0. The van der Waals surface area contributed by atoms with E-state index in [0.29, 0.717) is 22.0 Å². The molecule has 5 nitrogen and oxygen atoms in total. The highest BCUT2D eigenvalue weighted by Crippen LogP contribution is 2.24. The summed E-state index contributed by atoms with van der Waals surface area (Å²) < 4.78 is 17.1. The number of para-hydroxylation sites is 1. The topological polar surface area (TPSA) is 56.9 Å². The molecule has 0 unspecified atom stereocenters. The molecule has 148 valence electrons. The van der Waals surface area contributed by atoms with Crippen LogP contribution in [0.15, 0.2) is 64.4 Å². The second-order valence-electron chi connectivity index (χ2n) is 6.73. The highest BCUT2D eigenvalue weighted by Gasteiger charge is 2.19. The lowest BCUT2D eigenvalue weighted by Crippen LogP contribution is -2.38. The van der Waals surface area contributed by atoms with E-state index in [1.807, 2.05) is 0 Å². The zero-order valence-corrected chi connectivity index (χ0v) is 16.9. The van der Waals surface area contributed by atoms with Crippen molar-refractivity contribution in [2.75, 3.05) is 0 Å². The molecule has 2 heterocycles. The van der Waals surface area contributed by atoms with Gasteiger partial charge in [-0.3, -0.25) is 14.3 Å². The van der Waals surface area contributed by atoms with Crippen molar-refractivity contribution in [2.24, 2.45) is 7.05 Å². The van der Waals surface area contributed by atoms with E-state index in [2.05, 4.69) is 16.8 Å². The molecule has 2 aromatic carbocycles. The summed E-state index contributed by atoms with van der Waals surface area (Å²) in [4.78, 5) is 29.9. The predicted octanol–water partition coefficient (Wildman–Crippen LogP) is 3.59. The number of nitrogens with zero attached hydrogens (tertiary/aromatic N) is 3. The van der Waals surface area contributed by atoms with Gasteiger partial charge in [-0.25, -0.2) is 13.8 Å². The number of hydrogen-bond donors (Lipinski definition) is 0. The van der Waals surface area contributed by atoms with Crippen molar-refractivity contribution in [1.29, 1.82) is 0 Å². The maximum atomic E-state index is 15.0. The normalized spacial score (nSPS) is 10.7. The van der Waals surface area contributed by atoms with Crippen LogP contribution in [0, 0.1) is 24.6 Å². The van der Waals surface area contributed by atoms with E-state index >= 15 is 4.39 Å². The molecule has 0 aliphatic carbocycles. The molecule has 2 aromatic heterocycles. The van der Waals surface area contributed by atoms with Crippen LogP contribution in [0.2, 0.25) is 5.02 Å². The van der Waals surface area contributed by atoms with Crippen molar-refractivity contribution in [3.8, 4) is 17.5 Å². The van der Waals surface area contributed by atoms with Crippen molar-refractivity contribution in [2.45, 2.75) is 6.92 Å². The van der Waals surface area contributed by atoms with Crippen LogP contribution in [0.3, 0.4) is 0 Å². The Morgan fingerprint density at radius 2 is 1.83 bits per heavy atom. The molecule has 0 spiro atoms. The van der Waals surface area contributed by atoms with Gasteiger partial charge in [0.1, 0.15) is 11.5 Å². The maximum Gasteiger partial charge on any atom is 0.336 e. The first-order valence-corrected chi connectivity index (χ1v) is 9.39. The summed E-state index contributed by atoms with van der Waals surface area (Å²) in [5, 5.41) is 0.213. The number of rotatable bonds is 1. The van der Waals surface area contributed by atoms with E-state index in [1.165, 1.54) is 17.7 Å². The highest BCUT2D eigenvalue weighted by molar-refractivity contribution is 6.32. The van der Waals surface area contributed by atoms with Gasteiger partial charge >= 0.3 is 5.69 Å². The van der Waals surface area contributed by atoms with Gasteiger partial charge in [0.15, 0.2) is 0 Å². The smallest absolute Gasteiger partial charge is 0.296 e. The number of benzene rings is 2. The molecular weight excluding hydrogens is 405 g/mol. The van der Waals surface area contributed by atoms with E-state index < -0.39 is 17.1 Å². The number of aromatic nitrogens is 3. The lowest BCUT2D eigenvalue weighted by atomic mass is 10.1. The van der Waals surface area contributed by atoms with Crippen molar-refractivity contribution >= 4 is 22.5 Å². The summed E-state index contributed by atoms with van der Waals surface area (Å²) in [6.45, 7) is 1.80. The van der Waals surface area contributed by atoms with E-state index in [4.69, 9.17) is 11.6 Å². The van der Waals surface area contributed by atoms with Gasteiger partial charge < -0.3 is 0 Å². The minimum Gasteiger partial charge on any atom is -0.296 e. The van der Waals surface area contributed by atoms with E-state index in [0.717, 1.165) is 16.2 Å². The largest absolute Gasteiger partial charge is 0.336 e. The molecule has 0 saturated heterocycles. The van der Waals surface area contributed by atoms with Crippen molar-refractivity contribution < 1.29 is 4.39 Å². The summed E-state index contributed by atoms with van der Waals surface area (Å²) in [6.07, 6.45) is 3.21. The Morgan fingerprint density at radius 1 is 1.07 bits per heavy atom. The average Bonchev–Trinajstić information content (AvgIpc) is 2.73. The fourth-order valence-electron chi connectivity index (χ4n) is 3.36. The third-order valence-electron chi connectivity index (χ3n) is 4.74. The molecule has 7 heteroatoms. The van der Waals surface area contributed by atoms with Gasteiger partial charge in [0.25, 0.3) is 5.56 Å². The van der Waals surface area contributed by atoms with Gasteiger partial charge in [-0.2, -0.15) is 0 Å². The first-order chi connectivity index (χ1) is 14.4. The molecule has 0 saturated carbocycles. The molecule has 0 amide bonds. The van der Waals surface area contributed by atoms with Crippen LogP contribution in [0.5, 0.6) is 0 Å². The van der Waals surface area contributed by atoms with E-state index in [1.54, 1.807) is 49.6 Å². The van der Waals surface area contributed by atoms with Crippen molar-refractivity contribution in [3.05, 3.63) is 103 Å². The number of aryl methyl sites for hydroxylation is 2. The minimum atomic E-state index is -0.816. The Hall–Kier alpha value is -3.69. The van der Waals surface area contributed by atoms with Gasteiger partial charge in [0.2, 0.25) is 0 Å². The van der Waals surface area contributed by atoms with Crippen LogP contribution >= 0.6 is 11.6 Å². The van der Waals surface area contributed by atoms with Gasteiger partial charge in [-0.15, -0.1) is 0 Å². The number of fused-ring (bicyclic) bond motifs is 1. The summed E-state index contributed by atoms with van der Waals surface area (Å²) in [6, 6.07) is 11.2. The SMILES string of the molecule is Cc1cccc2c(=O)n(-c3c(F)cc(C#Cc4cccnc4)cc3Cl)c(=O)n(C)c12. The van der Waals surface area contributed by atoms with Gasteiger partial charge in [0.05, 0.1) is 15.9 Å². The molecule has 0 atom stereocenters. The Kier molecular flexibility index (Phi) is 4.98. The predicted molar refractivity (Wildman–Crippen MR) is 115 cm³/mol. The molecule has 30 heavy (non-hydrogen) atoms. The molecular formula is C23H15ClFN3O2. The summed E-state index contributed by atoms with van der Waals surface area (Å²) >= 11 is 6.30. The molecule has 0 aliphatic heterocycles.